The topological polar surface area (TPSA) is 55.1 Å². The van der Waals surface area contributed by atoms with Gasteiger partial charge in [0.1, 0.15) is 0 Å². The second-order valence-electron chi connectivity index (χ2n) is 6.42. The molecule has 0 aliphatic rings. The van der Waals surface area contributed by atoms with Crippen molar-refractivity contribution in [3.63, 3.8) is 0 Å². The summed E-state index contributed by atoms with van der Waals surface area (Å²) in [7, 11) is 0. The lowest BCUT2D eigenvalue weighted by Crippen LogP contribution is -2.48. The second-order valence-corrected chi connectivity index (χ2v) is 6.42. The molecule has 1 aromatic carbocycles. The molecular formula is C16H26N2O. The van der Waals surface area contributed by atoms with Crippen molar-refractivity contribution in [2.24, 2.45) is 5.73 Å². The first-order valence-electron chi connectivity index (χ1n) is 6.88. The molecule has 3 heteroatoms. The van der Waals surface area contributed by atoms with Gasteiger partial charge in [-0.1, -0.05) is 52.3 Å². The molecule has 1 amide bonds. The Kier molecular flexibility index (Phi) is 4.75. The summed E-state index contributed by atoms with van der Waals surface area (Å²) in [6.07, 6.45) is 1.57. The van der Waals surface area contributed by atoms with Gasteiger partial charge < -0.3 is 11.1 Å². The molecule has 0 fully saturated rings. The summed E-state index contributed by atoms with van der Waals surface area (Å²) in [5.74, 6) is -0.119. The molecule has 106 valence electrons. The van der Waals surface area contributed by atoms with Crippen molar-refractivity contribution >= 4 is 11.6 Å². The van der Waals surface area contributed by atoms with Crippen LogP contribution in [0.15, 0.2) is 24.3 Å². The Morgan fingerprint density at radius 1 is 1.21 bits per heavy atom. The van der Waals surface area contributed by atoms with Gasteiger partial charge in [0.25, 0.3) is 0 Å². The van der Waals surface area contributed by atoms with Gasteiger partial charge in [0, 0.05) is 5.69 Å². The van der Waals surface area contributed by atoms with Crippen LogP contribution in [0.1, 0.15) is 53.0 Å². The molecule has 0 saturated carbocycles. The molecule has 1 unspecified atom stereocenters. The van der Waals surface area contributed by atoms with Gasteiger partial charge in [0.2, 0.25) is 5.91 Å². The lowest BCUT2D eigenvalue weighted by atomic mass is 9.85. The van der Waals surface area contributed by atoms with E-state index in [1.165, 1.54) is 0 Å². The number of nitrogens with one attached hydrogen (secondary N) is 1. The van der Waals surface area contributed by atoms with E-state index in [1.807, 2.05) is 31.2 Å². The molecule has 0 heterocycles. The summed E-state index contributed by atoms with van der Waals surface area (Å²) in [4.78, 5) is 12.3. The third-order valence-corrected chi connectivity index (χ3v) is 3.27. The summed E-state index contributed by atoms with van der Waals surface area (Å²) in [5.41, 5.74) is 7.21. The standard InChI is InChI=1S/C16H26N2O/c1-6-11-16(5,17)14(19)18-13-10-8-7-9-12(13)15(2,3)4/h7-10H,6,11,17H2,1-5H3,(H,18,19). The normalized spacial score (nSPS) is 14.8. The maximum absolute atomic E-state index is 12.3. The average molecular weight is 262 g/mol. The first kappa shape index (κ1) is 15.7. The number of para-hydroxylation sites is 1. The van der Waals surface area contributed by atoms with Gasteiger partial charge in [-0.15, -0.1) is 0 Å². The highest BCUT2D eigenvalue weighted by molar-refractivity contribution is 5.98. The smallest absolute Gasteiger partial charge is 0.244 e. The molecule has 19 heavy (non-hydrogen) atoms. The number of rotatable bonds is 4. The zero-order valence-electron chi connectivity index (χ0n) is 12.7. The van der Waals surface area contributed by atoms with E-state index in [4.69, 9.17) is 5.73 Å². The summed E-state index contributed by atoms with van der Waals surface area (Å²) in [6.45, 7) is 10.2. The van der Waals surface area contributed by atoms with Crippen molar-refractivity contribution in [3.05, 3.63) is 29.8 Å². The van der Waals surface area contributed by atoms with E-state index in [9.17, 15) is 4.79 Å². The van der Waals surface area contributed by atoms with Crippen molar-refractivity contribution in [1.29, 1.82) is 0 Å². The summed E-state index contributed by atoms with van der Waals surface area (Å²) >= 11 is 0. The Morgan fingerprint density at radius 2 is 1.79 bits per heavy atom. The fraction of sp³-hybridized carbons (Fsp3) is 0.562. The number of amides is 1. The van der Waals surface area contributed by atoms with E-state index >= 15 is 0 Å². The van der Waals surface area contributed by atoms with Crippen molar-refractivity contribution in [2.75, 3.05) is 5.32 Å². The minimum atomic E-state index is -0.820. The quantitative estimate of drug-likeness (QED) is 0.873. The number of carbonyl (C=O) groups excluding carboxylic acids is 1. The van der Waals surface area contributed by atoms with E-state index < -0.39 is 5.54 Å². The van der Waals surface area contributed by atoms with Crippen LogP contribution in [0.2, 0.25) is 0 Å². The molecule has 0 aromatic heterocycles. The highest BCUT2D eigenvalue weighted by atomic mass is 16.2. The number of hydrogen-bond acceptors (Lipinski definition) is 2. The van der Waals surface area contributed by atoms with Crippen molar-refractivity contribution < 1.29 is 4.79 Å². The number of hydrogen-bond donors (Lipinski definition) is 2. The van der Waals surface area contributed by atoms with E-state index in [0.29, 0.717) is 6.42 Å². The number of benzene rings is 1. The van der Waals surface area contributed by atoms with Crippen LogP contribution in [0, 0.1) is 0 Å². The van der Waals surface area contributed by atoms with Gasteiger partial charge in [-0.2, -0.15) is 0 Å². The molecule has 1 aromatic rings. The molecular weight excluding hydrogens is 236 g/mol. The molecule has 1 rings (SSSR count). The van der Waals surface area contributed by atoms with E-state index in [1.54, 1.807) is 6.92 Å². The number of nitrogens with two attached hydrogens (primary N) is 1. The Balaban J connectivity index is 2.98. The minimum Gasteiger partial charge on any atom is -0.324 e. The van der Waals surface area contributed by atoms with E-state index in [-0.39, 0.29) is 11.3 Å². The molecule has 0 aliphatic carbocycles. The zero-order chi connectivity index (χ0) is 14.7. The third kappa shape index (κ3) is 4.06. The molecule has 0 saturated heterocycles. The SMILES string of the molecule is CCCC(C)(N)C(=O)Nc1ccccc1C(C)(C)C. The molecule has 3 nitrogen and oxygen atoms in total. The van der Waals surface area contributed by atoms with Crippen molar-refractivity contribution in [2.45, 2.75) is 58.4 Å². The lowest BCUT2D eigenvalue weighted by molar-refractivity contribution is -0.120. The Labute approximate surface area is 116 Å². The van der Waals surface area contributed by atoms with Crippen LogP contribution < -0.4 is 11.1 Å². The third-order valence-electron chi connectivity index (χ3n) is 3.27. The molecule has 1 atom stereocenters. The van der Waals surface area contributed by atoms with Crippen LogP contribution in [-0.2, 0) is 10.2 Å². The fourth-order valence-electron chi connectivity index (χ4n) is 2.14. The fourth-order valence-corrected chi connectivity index (χ4v) is 2.14. The van der Waals surface area contributed by atoms with Crippen LogP contribution >= 0.6 is 0 Å². The predicted molar refractivity (Wildman–Crippen MR) is 81.3 cm³/mol. The van der Waals surface area contributed by atoms with Gasteiger partial charge in [-0.3, -0.25) is 4.79 Å². The Morgan fingerprint density at radius 3 is 2.32 bits per heavy atom. The number of carbonyl (C=O) groups is 1. The molecule has 3 N–H and O–H groups in total. The van der Waals surface area contributed by atoms with Crippen LogP contribution in [0.5, 0.6) is 0 Å². The van der Waals surface area contributed by atoms with Crippen molar-refractivity contribution in [1.82, 2.24) is 0 Å². The first-order chi connectivity index (χ1) is 8.68. The Hall–Kier alpha value is -1.35. The van der Waals surface area contributed by atoms with Crippen molar-refractivity contribution in [3.8, 4) is 0 Å². The van der Waals surface area contributed by atoms with E-state index in [0.717, 1.165) is 17.7 Å². The van der Waals surface area contributed by atoms with Gasteiger partial charge >= 0.3 is 0 Å². The maximum atomic E-state index is 12.3. The largest absolute Gasteiger partial charge is 0.324 e. The molecule has 0 aliphatic heterocycles. The maximum Gasteiger partial charge on any atom is 0.244 e. The molecule has 0 radical (unpaired) electrons. The highest BCUT2D eigenvalue weighted by Crippen LogP contribution is 2.29. The Bertz CT molecular complexity index is 444. The first-order valence-corrected chi connectivity index (χ1v) is 6.88. The monoisotopic (exact) mass is 262 g/mol. The van der Waals surface area contributed by atoms with Crippen LogP contribution in [0.4, 0.5) is 5.69 Å². The number of anilines is 1. The molecule has 0 spiro atoms. The van der Waals surface area contributed by atoms with Gasteiger partial charge in [-0.25, -0.2) is 0 Å². The summed E-state index contributed by atoms with van der Waals surface area (Å²) < 4.78 is 0. The minimum absolute atomic E-state index is 0.0143. The lowest BCUT2D eigenvalue weighted by Gasteiger charge is -2.27. The predicted octanol–water partition coefficient (Wildman–Crippen LogP) is 3.44. The van der Waals surface area contributed by atoms with Crippen LogP contribution in [-0.4, -0.2) is 11.4 Å². The zero-order valence-corrected chi connectivity index (χ0v) is 12.7. The van der Waals surface area contributed by atoms with Crippen LogP contribution in [0.25, 0.3) is 0 Å². The van der Waals surface area contributed by atoms with Gasteiger partial charge in [0.15, 0.2) is 0 Å². The van der Waals surface area contributed by atoms with Gasteiger partial charge in [-0.05, 0) is 30.4 Å². The van der Waals surface area contributed by atoms with Gasteiger partial charge in [0.05, 0.1) is 5.54 Å². The summed E-state index contributed by atoms with van der Waals surface area (Å²) in [6, 6.07) is 7.90. The second kappa shape index (κ2) is 5.74. The van der Waals surface area contributed by atoms with Crippen LogP contribution in [0.3, 0.4) is 0 Å². The highest BCUT2D eigenvalue weighted by Gasteiger charge is 2.28. The average Bonchev–Trinajstić information content (AvgIpc) is 2.28. The summed E-state index contributed by atoms with van der Waals surface area (Å²) in [5, 5.41) is 2.98. The molecule has 0 bridgehead atoms. The van der Waals surface area contributed by atoms with E-state index in [2.05, 4.69) is 26.1 Å².